The molecule has 1 heterocycles. The van der Waals surface area contributed by atoms with Gasteiger partial charge in [-0.1, -0.05) is 0 Å². The summed E-state index contributed by atoms with van der Waals surface area (Å²) in [5.74, 6) is 1.03. The first-order chi connectivity index (χ1) is 7.78. The fourth-order valence-corrected chi connectivity index (χ4v) is 3.23. The quantitative estimate of drug-likeness (QED) is 0.780. The molecule has 0 bridgehead atoms. The van der Waals surface area contributed by atoms with Crippen LogP contribution in [0.1, 0.15) is 42.5 Å². The van der Waals surface area contributed by atoms with Crippen LogP contribution < -0.4 is 10.1 Å². The van der Waals surface area contributed by atoms with Crippen molar-refractivity contribution >= 4 is 0 Å². The summed E-state index contributed by atoms with van der Waals surface area (Å²) in [6.45, 7) is 2.27. The lowest BCUT2D eigenvalue weighted by Gasteiger charge is -2.36. The third-order valence-corrected chi connectivity index (χ3v) is 3.86. The Morgan fingerprint density at radius 3 is 2.94 bits per heavy atom. The molecule has 1 aliphatic carbocycles. The molecule has 86 valence electrons. The van der Waals surface area contributed by atoms with Crippen LogP contribution >= 0.6 is 0 Å². The van der Waals surface area contributed by atoms with Crippen LogP contribution in [0.25, 0.3) is 0 Å². The largest absolute Gasteiger partial charge is 0.497 e. The molecule has 0 amide bonds. The molecule has 2 atom stereocenters. The molecule has 1 aromatic carbocycles. The highest BCUT2D eigenvalue weighted by molar-refractivity contribution is 5.47. The normalized spacial score (nSPS) is 27.4. The molecule has 2 aliphatic rings. The Kier molecular flexibility index (Phi) is 2.40. The lowest BCUT2D eigenvalue weighted by atomic mass is 9.80. The van der Waals surface area contributed by atoms with Crippen molar-refractivity contribution in [2.24, 2.45) is 0 Å². The van der Waals surface area contributed by atoms with E-state index in [9.17, 15) is 0 Å². The number of ether oxygens (including phenoxy) is 1. The average molecular weight is 217 g/mol. The fourth-order valence-electron chi connectivity index (χ4n) is 3.23. The molecule has 16 heavy (non-hydrogen) atoms. The monoisotopic (exact) mass is 217 g/mol. The number of hydrogen-bond donors (Lipinski definition) is 1. The average Bonchev–Trinajstić information content (AvgIpc) is 2.28. The van der Waals surface area contributed by atoms with Gasteiger partial charge in [0.2, 0.25) is 0 Å². The number of methoxy groups -OCH3 is 1. The molecule has 0 spiro atoms. The van der Waals surface area contributed by atoms with Crippen LogP contribution in [0, 0.1) is 0 Å². The molecule has 1 N–H and O–H groups in total. The van der Waals surface area contributed by atoms with Crippen molar-refractivity contribution < 1.29 is 4.74 Å². The predicted molar refractivity (Wildman–Crippen MR) is 65.0 cm³/mol. The van der Waals surface area contributed by atoms with Crippen molar-refractivity contribution in [3.05, 3.63) is 28.8 Å². The molecule has 0 fully saturated rings. The Bertz CT molecular complexity index is 413. The van der Waals surface area contributed by atoms with E-state index < -0.39 is 0 Å². The molecule has 2 heteroatoms. The van der Waals surface area contributed by atoms with E-state index in [1.807, 2.05) is 0 Å². The van der Waals surface area contributed by atoms with Crippen LogP contribution in [0.4, 0.5) is 0 Å². The Balaban J connectivity index is 2.13. The molecule has 0 saturated heterocycles. The van der Waals surface area contributed by atoms with Crippen molar-refractivity contribution in [2.45, 2.75) is 44.7 Å². The van der Waals surface area contributed by atoms with Crippen molar-refractivity contribution in [1.82, 2.24) is 5.32 Å². The standard InChI is InChI=1S/C14H19NO/c1-9-6-11-8-12(16-2)7-10-4-3-5-13(15-9)14(10)11/h7-9,13,15H,3-6H2,1-2H3. The summed E-state index contributed by atoms with van der Waals surface area (Å²) in [6, 6.07) is 5.64. The van der Waals surface area contributed by atoms with E-state index >= 15 is 0 Å². The topological polar surface area (TPSA) is 21.3 Å². The Morgan fingerprint density at radius 1 is 1.31 bits per heavy atom. The molecular weight excluding hydrogens is 198 g/mol. The minimum absolute atomic E-state index is 0.591. The second kappa shape index (κ2) is 3.77. The number of aryl methyl sites for hydroxylation is 1. The van der Waals surface area contributed by atoms with Crippen molar-refractivity contribution in [3.63, 3.8) is 0 Å². The van der Waals surface area contributed by atoms with E-state index in [0.29, 0.717) is 12.1 Å². The van der Waals surface area contributed by atoms with Gasteiger partial charge in [-0.25, -0.2) is 0 Å². The summed E-state index contributed by atoms with van der Waals surface area (Å²) in [5.41, 5.74) is 4.58. The Hall–Kier alpha value is -1.02. The highest BCUT2D eigenvalue weighted by Crippen LogP contribution is 2.38. The van der Waals surface area contributed by atoms with Gasteiger partial charge in [0.1, 0.15) is 5.75 Å². The smallest absolute Gasteiger partial charge is 0.119 e. The summed E-state index contributed by atoms with van der Waals surface area (Å²) in [5, 5.41) is 3.71. The molecule has 1 aliphatic heterocycles. The first kappa shape index (κ1) is 10.2. The Morgan fingerprint density at radius 2 is 2.12 bits per heavy atom. The number of benzene rings is 1. The summed E-state index contributed by atoms with van der Waals surface area (Å²) >= 11 is 0. The third-order valence-electron chi connectivity index (χ3n) is 3.86. The molecule has 2 unspecified atom stereocenters. The maximum Gasteiger partial charge on any atom is 0.119 e. The van der Waals surface area contributed by atoms with Crippen LogP contribution in [-0.2, 0) is 12.8 Å². The van der Waals surface area contributed by atoms with E-state index in [2.05, 4.69) is 24.4 Å². The van der Waals surface area contributed by atoms with E-state index in [4.69, 9.17) is 4.74 Å². The SMILES string of the molecule is COc1cc2c3c(c1)CC(C)NC3CCC2. The molecule has 3 rings (SSSR count). The van der Waals surface area contributed by atoms with Gasteiger partial charge in [0, 0.05) is 12.1 Å². The minimum Gasteiger partial charge on any atom is -0.497 e. The second-order valence-electron chi connectivity index (χ2n) is 5.08. The summed E-state index contributed by atoms with van der Waals surface area (Å²) < 4.78 is 5.40. The first-order valence-corrected chi connectivity index (χ1v) is 6.23. The van der Waals surface area contributed by atoms with E-state index in [-0.39, 0.29) is 0 Å². The number of hydrogen-bond acceptors (Lipinski definition) is 2. The zero-order valence-corrected chi connectivity index (χ0v) is 10.0. The van der Waals surface area contributed by atoms with Crippen molar-refractivity contribution in [2.75, 3.05) is 7.11 Å². The highest BCUT2D eigenvalue weighted by atomic mass is 16.5. The molecule has 0 radical (unpaired) electrons. The van der Waals surface area contributed by atoms with Crippen molar-refractivity contribution in [3.8, 4) is 5.75 Å². The Labute approximate surface area is 97.0 Å². The van der Waals surface area contributed by atoms with Gasteiger partial charge < -0.3 is 10.1 Å². The van der Waals surface area contributed by atoms with Gasteiger partial charge in [0.05, 0.1) is 7.11 Å². The van der Waals surface area contributed by atoms with Crippen LogP contribution in [0.3, 0.4) is 0 Å². The van der Waals surface area contributed by atoms with Crippen LogP contribution in [0.15, 0.2) is 12.1 Å². The van der Waals surface area contributed by atoms with Gasteiger partial charge in [-0.2, -0.15) is 0 Å². The van der Waals surface area contributed by atoms with Gasteiger partial charge in [-0.3, -0.25) is 0 Å². The number of rotatable bonds is 1. The maximum absolute atomic E-state index is 5.40. The van der Waals surface area contributed by atoms with Crippen LogP contribution in [0.5, 0.6) is 5.75 Å². The minimum atomic E-state index is 0.591. The van der Waals surface area contributed by atoms with Gasteiger partial charge in [-0.15, -0.1) is 0 Å². The van der Waals surface area contributed by atoms with E-state index in [1.165, 1.54) is 30.4 Å². The van der Waals surface area contributed by atoms with E-state index in [1.54, 1.807) is 12.7 Å². The summed E-state index contributed by atoms with van der Waals surface area (Å²) in [6.07, 6.45) is 4.93. The van der Waals surface area contributed by atoms with Crippen LogP contribution in [0.2, 0.25) is 0 Å². The van der Waals surface area contributed by atoms with E-state index in [0.717, 1.165) is 12.2 Å². The van der Waals surface area contributed by atoms with Gasteiger partial charge in [0.25, 0.3) is 0 Å². The third kappa shape index (κ3) is 1.52. The predicted octanol–water partition coefficient (Wildman–Crippen LogP) is 2.61. The maximum atomic E-state index is 5.40. The molecule has 2 nitrogen and oxygen atoms in total. The van der Waals surface area contributed by atoms with Gasteiger partial charge >= 0.3 is 0 Å². The van der Waals surface area contributed by atoms with Crippen LogP contribution in [-0.4, -0.2) is 13.2 Å². The highest BCUT2D eigenvalue weighted by Gasteiger charge is 2.29. The fraction of sp³-hybridized carbons (Fsp3) is 0.571. The lowest BCUT2D eigenvalue weighted by Crippen LogP contribution is -2.39. The summed E-state index contributed by atoms with van der Waals surface area (Å²) in [7, 11) is 1.76. The zero-order chi connectivity index (χ0) is 11.1. The molecule has 0 aromatic heterocycles. The van der Waals surface area contributed by atoms with Crippen molar-refractivity contribution in [1.29, 1.82) is 0 Å². The molecule has 0 saturated carbocycles. The molecule has 1 aromatic rings. The van der Waals surface area contributed by atoms with Gasteiger partial charge in [-0.05, 0) is 61.4 Å². The van der Waals surface area contributed by atoms with Gasteiger partial charge in [0.15, 0.2) is 0 Å². The second-order valence-corrected chi connectivity index (χ2v) is 5.08. The zero-order valence-electron chi connectivity index (χ0n) is 10.0. The molecular formula is C14H19NO. The first-order valence-electron chi connectivity index (χ1n) is 6.23. The summed E-state index contributed by atoms with van der Waals surface area (Å²) in [4.78, 5) is 0. The lowest BCUT2D eigenvalue weighted by molar-refractivity contribution is 0.372. The number of nitrogens with one attached hydrogen (secondary N) is 1.